The summed E-state index contributed by atoms with van der Waals surface area (Å²) in [5.41, 5.74) is 0.761. The fourth-order valence-corrected chi connectivity index (χ4v) is 2.28. The first-order chi connectivity index (χ1) is 8.22. The molecule has 1 fully saturated rings. The van der Waals surface area contributed by atoms with Gasteiger partial charge in [-0.25, -0.2) is 0 Å². The molecule has 0 aliphatic carbocycles. The average molecular weight is 233 g/mol. The summed E-state index contributed by atoms with van der Waals surface area (Å²) < 4.78 is 5.42. The van der Waals surface area contributed by atoms with Gasteiger partial charge >= 0.3 is 0 Å². The van der Waals surface area contributed by atoms with E-state index in [0.29, 0.717) is 12.5 Å². The average Bonchev–Trinajstić information content (AvgIpc) is 2.75. The van der Waals surface area contributed by atoms with Crippen molar-refractivity contribution in [2.75, 3.05) is 19.7 Å². The Bertz CT molecular complexity index is 403. The van der Waals surface area contributed by atoms with Gasteiger partial charge in [-0.2, -0.15) is 0 Å². The third kappa shape index (κ3) is 2.67. The molecule has 3 heteroatoms. The largest absolute Gasteiger partial charge is 0.494 e. The van der Waals surface area contributed by atoms with Crippen molar-refractivity contribution in [1.82, 2.24) is 5.32 Å². The summed E-state index contributed by atoms with van der Waals surface area (Å²) in [5, 5.41) is 3.26. The van der Waals surface area contributed by atoms with E-state index in [9.17, 15) is 4.79 Å². The van der Waals surface area contributed by atoms with E-state index in [1.54, 1.807) is 0 Å². The number of hydrogen-bond acceptors (Lipinski definition) is 3. The second kappa shape index (κ2) is 5.32. The van der Waals surface area contributed by atoms with Crippen molar-refractivity contribution in [2.45, 2.75) is 13.8 Å². The van der Waals surface area contributed by atoms with Gasteiger partial charge in [0.05, 0.1) is 6.61 Å². The van der Waals surface area contributed by atoms with Crippen molar-refractivity contribution < 1.29 is 9.53 Å². The molecule has 0 aromatic heterocycles. The monoisotopic (exact) mass is 233 g/mol. The Labute approximate surface area is 102 Å². The number of Topliss-reactive ketones (excluding diaryl/α,β-unsaturated/α-hetero) is 1. The summed E-state index contributed by atoms with van der Waals surface area (Å²) in [6, 6.07) is 7.48. The van der Waals surface area contributed by atoms with E-state index in [2.05, 4.69) is 12.2 Å². The first kappa shape index (κ1) is 12.1. The van der Waals surface area contributed by atoms with Crippen LogP contribution in [0.2, 0.25) is 0 Å². The fraction of sp³-hybridized carbons (Fsp3) is 0.500. The molecule has 1 aliphatic heterocycles. The van der Waals surface area contributed by atoms with Gasteiger partial charge in [-0.1, -0.05) is 19.1 Å². The van der Waals surface area contributed by atoms with Gasteiger partial charge < -0.3 is 10.1 Å². The van der Waals surface area contributed by atoms with Crippen LogP contribution in [-0.4, -0.2) is 25.5 Å². The third-order valence-corrected chi connectivity index (χ3v) is 3.28. The predicted molar refractivity (Wildman–Crippen MR) is 67.5 cm³/mol. The van der Waals surface area contributed by atoms with Crippen LogP contribution >= 0.6 is 0 Å². The lowest BCUT2D eigenvalue weighted by molar-refractivity contribution is 0.0907. The molecule has 17 heavy (non-hydrogen) atoms. The predicted octanol–water partition coefficient (Wildman–Crippen LogP) is 2.12. The molecular formula is C14H19NO2. The molecule has 2 rings (SSSR count). The second-order valence-corrected chi connectivity index (χ2v) is 4.57. The maximum Gasteiger partial charge on any atom is 0.167 e. The van der Waals surface area contributed by atoms with Crippen molar-refractivity contribution in [3.05, 3.63) is 29.8 Å². The van der Waals surface area contributed by atoms with Crippen LogP contribution in [0.25, 0.3) is 0 Å². The van der Waals surface area contributed by atoms with Crippen molar-refractivity contribution in [3.8, 4) is 5.75 Å². The van der Waals surface area contributed by atoms with Crippen LogP contribution in [0.4, 0.5) is 0 Å². The lowest BCUT2D eigenvalue weighted by Gasteiger charge is -2.13. The zero-order valence-corrected chi connectivity index (χ0v) is 10.4. The highest BCUT2D eigenvalue weighted by atomic mass is 16.5. The van der Waals surface area contributed by atoms with E-state index in [1.165, 1.54) is 0 Å². The topological polar surface area (TPSA) is 38.3 Å². The van der Waals surface area contributed by atoms with Crippen LogP contribution in [0, 0.1) is 11.8 Å². The summed E-state index contributed by atoms with van der Waals surface area (Å²) in [5.74, 6) is 1.52. The Morgan fingerprint density at radius 1 is 1.47 bits per heavy atom. The number of hydrogen-bond donors (Lipinski definition) is 1. The Morgan fingerprint density at radius 2 is 2.29 bits per heavy atom. The van der Waals surface area contributed by atoms with E-state index in [0.717, 1.165) is 24.4 Å². The minimum atomic E-state index is 0.104. The minimum Gasteiger partial charge on any atom is -0.494 e. The zero-order chi connectivity index (χ0) is 12.3. The van der Waals surface area contributed by atoms with Gasteiger partial charge in [0.15, 0.2) is 5.78 Å². The molecule has 0 amide bonds. The van der Waals surface area contributed by atoms with Gasteiger partial charge in [-0.15, -0.1) is 0 Å². The smallest absolute Gasteiger partial charge is 0.167 e. The number of ether oxygens (including phenoxy) is 1. The Hall–Kier alpha value is -1.35. The Kier molecular flexibility index (Phi) is 3.79. The number of rotatable bonds is 4. The first-order valence-electron chi connectivity index (χ1n) is 6.20. The lowest BCUT2D eigenvalue weighted by Crippen LogP contribution is -2.21. The van der Waals surface area contributed by atoms with Crippen molar-refractivity contribution in [2.24, 2.45) is 11.8 Å². The molecule has 1 N–H and O–H groups in total. The minimum absolute atomic E-state index is 0.104. The van der Waals surface area contributed by atoms with E-state index in [4.69, 9.17) is 4.74 Å². The molecule has 2 atom stereocenters. The van der Waals surface area contributed by atoms with Crippen LogP contribution in [0.3, 0.4) is 0 Å². The molecule has 3 nitrogen and oxygen atoms in total. The Morgan fingerprint density at radius 3 is 2.94 bits per heavy atom. The van der Waals surface area contributed by atoms with Crippen LogP contribution < -0.4 is 10.1 Å². The van der Waals surface area contributed by atoms with Crippen LogP contribution in [0.5, 0.6) is 5.75 Å². The molecule has 92 valence electrons. The highest BCUT2D eigenvalue weighted by molar-refractivity contribution is 5.98. The lowest BCUT2D eigenvalue weighted by atomic mass is 9.90. The number of nitrogens with one attached hydrogen (secondary N) is 1. The number of carbonyl (C=O) groups excluding carboxylic acids is 1. The molecule has 1 aromatic carbocycles. The molecule has 1 heterocycles. The van der Waals surface area contributed by atoms with E-state index < -0.39 is 0 Å². The van der Waals surface area contributed by atoms with E-state index >= 15 is 0 Å². The van der Waals surface area contributed by atoms with Crippen LogP contribution in [-0.2, 0) is 0 Å². The van der Waals surface area contributed by atoms with Crippen LogP contribution in [0.1, 0.15) is 24.2 Å². The molecule has 2 unspecified atom stereocenters. The summed E-state index contributed by atoms with van der Waals surface area (Å²) in [6.45, 7) is 6.41. The van der Waals surface area contributed by atoms with Gasteiger partial charge in [0, 0.05) is 18.0 Å². The number of ketones is 1. The van der Waals surface area contributed by atoms with E-state index in [1.807, 2.05) is 31.2 Å². The summed E-state index contributed by atoms with van der Waals surface area (Å²) in [6.07, 6.45) is 0. The summed E-state index contributed by atoms with van der Waals surface area (Å²) in [7, 11) is 0. The summed E-state index contributed by atoms with van der Waals surface area (Å²) >= 11 is 0. The van der Waals surface area contributed by atoms with Crippen molar-refractivity contribution >= 4 is 5.78 Å². The van der Waals surface area contributed by atoms with Crippen LogP contribution in [0.15, 0.2) is 24.3 Å². The molecular weight excluding hydrogens is 214 g/mol. The maximum absolute atomic E-state index is 12.3. The number of carbonyl (C=O) groups is 1. The van der Waals surface area contributed by atoms with Crippen molar-refractivity contribution in [1.29, 1.82) is 0 Å². The molecule has 1 aliphatic rings. The second-order valence-electron chi connectivity index (χ2n) is 4.57. The fourth-order valence-electron chi connectivity index (χ4n) is 2.28. The van der Waals surface area contributed by atoms with Gasteiger partial charge in [0.2, 0.25) is 0 Å². The van der Waals surface area contributed by atoms with Crippen molar-refractivity contribution in [3.63, 3.8) is 0 Å². The highest BCUT2D eigenvalue weighted by Crippen LogP contribution is 2.23. The SMILES string of the molecule is CCOc1cccc(C(=O)C2CNCC2C)c1. The molecule has 1 saturated heterocycles. The molecule has 0 radical (unpaired) electrons. The standard InChI is InChI=1S/C14H19NO2/c1-3-17-12-6-4-5-11(7-12)14(16)13-9-15-8-10(13)2/h4-7,10,13,15H,3,8-9H2,1-2H3. The highest BCUT2D eigenvalue weighted by Gasteiger charge is 2.30. The molecule has 0 spiro atoms. The van der Waals surface area contributed by atoms with E-state index in [-0.39, 0.29) is 11.7 Å². The zero-order valence-electron chi connectivity index (χ0n) is 10.4. The van der Waals surface area contributed by atoms with Gasteiger partial charge in [0.25, 0.3) is 0 Å². The van der Waals surface area contributed by atoms with Gasteiger partial charge in [0.1, 0.15) is 5.75 Å². The normalized spacial score (nSPS) is 23.6. The molecule has 1 aromatic rings. The summed E-state index contributed by atoms with van der Waals surface area (Å²) in [4.78, 5) is 12.3. The number of benzene rings is 1. The molecule has 0 bridgehead atoms. The quantitative estimate of drug-likeness (QED) is 0.810. The maximum atomic E-state index is 12.3. The van der Waals surface area contributed by atoms with Gasteiger partial charge in [-0.3, -0.25) is 4.79 Å². The molecule has 0 saturated carbocycles. The Balaban J connectivity index is 2.15. The third-order valence-electron chi connectivity index (χ3n) is 3.28. The van der Waals surface area contributed by atoms with Gasteiger partial charge in [-0.05, 0) is 31.5 Å². The first-order valence-corrected chi connectivity index (χ1v) is 6.20.